The Kier molecular flexibility index (Phi) is 7.33. The highest BCUT2D eigenvalue weighted by Crippen LogP contribution is 2.17. The van der Waals surface area contributed by atoms with Gasteiger partial charge in [0.2, 0.25) is 15.9 Å². The van der Waals surface area contributed by atoms with Gasteiger partial charge in [-0.1, -0.05) is 56.3 Å². The molecule has 0 atom stereocenters. The second kappa shape index (κ2) is 9.48. The number of hydrogen-bond donors (Lipinski definition) is 0. The number of hydrogen-bond acceptors (Lipinski definition) is 3. The number of sulfonamides is 1. The van der Waals surface area contributed by atoms with E-state index in [4.69, 9.17) is 0 Å². The van der Waals surface area contributed by atoms with Gasteiger partial charge in [0.15, 0.2) is 0 Å². The molecule has 0 aliphatic carbocycles. The molecule has 0 fully saturated rings. The first-order chi connectivity index (χ1) is 12.9. The average molecular weight is 387 g/mol. The first-order valence-corrected chi connectivity index (χ1v) is 10.4. The van der Waals surface area contributed by atoms with Crippen LogP contribution < -0.4 is 0 Å². The predicted molar refractivity (Wildman–Crippen MR) is 108 cm³/mol. The van der Waals surface area contributed by atoms with E-state index in [1.54, 1.807) is 42.3 Å². The van der Waals surface area contributed by atoms with Crippen LogP contribution in [0.25, 0.3) is 6.08 Å². The Hall–Kier alpha value is -2.44. The maximum absolute atomic E-state index is 12.5. The fourth-order valence-corrected chi connectivity index (χ4v) is 4.15. The van der Waals surface area contributed by atoms with Crippen LogP contribution in [0.3, 0.4) is 0 Å². The van der Waals surface area contributed by atoms with Crippen molar-refractivity contribution in [3.05, 3.63) is 71.8 Å². The smallest absolute Gasteiger partial charge is 0.246 e. The summed E-state index contributed by atoms with van der Waals surface area (Å²) in [4.78, 5) is 14.1. The van der Waals surface area contributed by atoms with Crippen molar-refractivity contribution in [3.63, 3.8) is 0 Å². The second-order valence-corrected chi connectivity index (χ2v) is 8.11. The van der Waals surface area contributed by atoms with Crippen molar-refractivity contribution in [2.45, 2.75) is 25.3 Å². The lowest BCUT2D eigenvalue weighted by atomic mass is 10.2. The fourth-order valence-electron chi connectivity index (χ4n) is 2.69. The van der Waals surface area contributed by atoms with E-state index in [1.165, 1.54) is 10.4 Å². The molecule has 0 bridgehead atoms. The Morgan fingerprint density at radius 1 is 0.963 bits per heavy atom. The summed E-state index contributed by atoms with van der Waals surface area (Å²) in [5.74, 6) is -0.112. The van der Waals surface area contributed by atoms with Gasteiger partial charge in [0, 0.05) is 32.8 Å². The number of amides is 1. The molecule has 6 heteroatoms. The van der Waals surface area contributed by atoms with E-state index in [1.807, 2.05) is 44.2 Å². The summed E-state index contributed by atoms with van der Waals surface area (Å²) >= 11 is 0. The minimum absolute atomic E-state index is 0.112. The van der Waals surface area contributed by atoms with Gasteiger partial charge in [-0.25, -0.2) is 8.42 Å². The molecule has 144 valence electrons. The third-order valence-electron chi connectivity index (χ3n) is 4.28. The molecule has 27 heavy (non-hydrogen) atoms. The summed E-state index contributed by atoms with van der Waals surface area (Å²) in [5, 5.41) is 0. The van der Waals surface area contributed by atoms with Gasteiger partial charge in [0.1, 0.15) is 0 Å². The molecule has 0 N–H and O–H groups in total. The number of carbonyl (C=O) groups excluding carboxylic acids is 1. The van der Waals surface area contributed by atoms with Gasteiger partial charge in [0.25, 0.3) is 0 Å². The van der Waals surface area contributed by atoms with Crippen LogP contribution in [0.4, 0.5) is 0 Å². The lowest BCUT2D eigenvalue weighted by molar-refractivity contribution is -0.125. The fraction of sp³-hybridized carbons (Fsp3) is 0.286. The molecule has 0 saturated carbocycles. The van der Waals surface area contributed by atoms with Gasteiger partial charge >= 0.3 is 0 Å². The number of rotatable bonds is 8. The highest BCUT2D eigenvalue weighted by atomic mass is 32.2. The Balaban J connectivity index is 2.04. The molecule has 0 aromatic heterocycles. The third-order valence-corrected chi connectivity index (χ3v) is 6.34. The normalized spacial score (nSPS) is 11.9. The van der Waals surface area contributed by atoms with E-state index < -0.39 is 10.0 Å². The van der Waals surface area contributed by atoms with Crippen LogP contribution in [-0.4, -0.2) is 43.7 Å². The van der Waals surface area contributed by atoms with E-state index >= 15 is 0 Å². The molecule has 2 aromatic rings. The molecule has 1 amide bonds. The van der Waals surface area contributed by atoms with Gasteiger partial charge in [-0.15, -0.1) is 0 Å². The number of benzene rings is 2. The Morgan fingerprint density at radius 3 is 2.11 bits per heavy atom. The summed E-state index contributed by atoms with van der Waals surface area (Å²) < 4.78 is 26.4. The standard InChI is InChI=1S/C21H26N2O3S/c1-4-23(5-2)27(25,26)20-14-11-18(12-15-20)13-16-21(24)22(3)17-19-9-7-6-8-10-19/h6-16H,4-5,17H2,1-3H3. The average Bonchev–Trinajstić information content (AvgIpc) is 2.68. The summed E-state index contributed by atoms with van der Waals surface area (Å²) in [7, 11) is -1.71. The van der Waals surface area contributed by atoms with Gasteiger partial charge in [-0.2, -0.15) is 4.31 Å². The van der Waals surface area contributed by atoms with E-state index in [0.29, 0.717) is 19.6 Å². The maximum atomic E-state index is 12.5. The quantitative estimate of drug-likeness (QED) is 0.654. The van der Waals surface area contributed by atoms with Crippen LogP contribution >= 0.6 is 0 Å². The molecule has 5 nitrogen and oxygen atoms in total. The van der Waals surface area contributed by atoms with Crippen molar-refractivity contribution in [1.82, 2.24) is 9.21 Å². The molecule has 0 heterocycles. The molecule has 2 aromatic carbocycles. The summed E-state index contributed by atoms with van der Waals surface area (Å²) in [6.07, 6.45) is 3.19. The Bertz CT molecular complexity index is 871. The lowest BCUT2D eigenvalue weighted by Crippen LogP contribution is -2.30. The summed E-state index contributed by atoms with van der Waals surface area (Å²) in [6.45, 7) is 5.03. The van der Waals surface area contributed by atoms with Gasteiger partial charge in [-0.05, 0) is 29.3 Å². The minimum atomic E-state index is -3.46. The van der Waals surface area contributed by atoms with E-state index in [-0.39, 0.29) is 10.8 Å². The lowest BCUT2D eigenvalue weighted by Gasteiger charge is -2.18. The SMILES string of the molecule is CCN(CC)S(=O)(=O)c1ccc(C=CC(=O)N(C)Cc2ccccc2)cc1. The van der Waals surface area contributed by atoms with Crippen molar-refractivity contribution in [3.8, 4) is 0 Å². The Labute approximate surface area is 162 Å². The highest BCUT2D eigenvalue weighted by molar-refractivity contribution is 7.89. The van der Waals surface area contributed by atoms with Crippen LogP contribution in [0.1, 0.15) is 25.0 Å². The van der Waals surface area contributed by atoms with Crippen LogP contribution in [-0.2, 0) is 21.4 Å². The molecular weight excluding hydrogens is 360 g/mol. The monoisotopic (exact) mass is 386 g/mol. The van der Waals surface area contributed by atoms with E-state index in [9.17, 15) is 13.2 Å². The van der Waals surface area contributed by atoms with Gasteiger partial charge in [-0.3, -0.25) is 4.79 Å². The first-order valence-electron chi connectivity index (χ1n) is 8.95. The number of likely N-dealkylation sites (N-methyl/N-ethyl adjacent to an activating group) is 1. The molecule has 0 radical (unpaired) electrons. The van der Waals surface area contributed by atoms with Gasteiger partial charge < -0.3 is 4.90 Å². The van der Waals surface area contributed by atoms with Crippen LogP contribution in [0.2, 0.25) is 0 Å². The maximum Gasteiger partial charge on any atom is 0.246 e. The number of nitrogens with zero attached hydrogens (tertiary/aromatic N) is 2. The molecule has 0 saturated heterocycles. The zero-order chi connectivity index (χ0) is 19.9. The van der Waals surface area contributed by atoms with Crippen molar-refractivity contribution in [2.24, 2.45) is 0 Å². The predicted octanol–water partition coefficient (Wildman–Crippen LogP) is 3.39. The molecule has 0 aliphatic rings. The minimum Gasteiger partial charge on any atom is -0.338 e. The van der Waals surface area contributed by atoms with Crippen molar-refractivity contribution in [1.29, 1.82) is 0 Å². The van der Waals surface area contributed by atoms with Crippen LogP contribution in [0, 0.1) is 0 Å². The molecular formula is C21H26N2O3S. The molecule has 2 rings (SSSR count). The largest absolute Gasteiger partial charge is 0.338 e. The molecule has 0 aliphatic heterocycles. The third kappa shape index (κ3) is 5.52. The first kappa shape index (κ1) is 20.9. The van der Waals surface area contributed by atoms with Crippen molar-refractivity contribution >= 4 is 22.0 Å². The molecule has 0 spiro atoms. The summed E-state index contributed by atoms with van der Waals surface area (Å²) in [6, 6.07) is 16.3. The van der Waals surface area contributed by atoms with E-state index in [0.717, 1.165) is 11.1 Å². The van der Waals surface area contributed by atoms with Crippen molar-refractivity contribution in [2.75, 3.05) is 20.1 Å². The number of carbonyl (C=O) groups is 1. The second-order valence-electron chi connectivity index (χ2n) is 6.17. The van der Waals surface area contributed by atoms with Crippen LogP contribution in [0.15, 0.2) is 65.6 Å². The zero-order valence-corrected chi connectivity index (χ0v) is 16.8. The van der Waals surface area contributed by atoms with E-state index in [2.05, 4.69) is 0 Å². The van der Waals surface area contributed by atoms with Gasteiger partial charge in [0.05, 0.1) is 4.90 Å². The zero-order valence-electron chi connectivity index (χ0n) is 16.0. The van der Waals surface area contributed by atoms with Crippen LogP contribution in [0.5, 0.6) is 0 Å². The highest BCUT2D eigenvalue weighted by Gasteiger charge is 2.20. The topological polar surface area (TPSA) is 57.7 Å². The van der Waals surface area contributed by atoms with Crippen molar-refractivity contribution < 1.29 is 13.2 Å². The summed E-state index contributed by atoms with van der Waals surface area (Å²) in [5.41, 5.74) is 1.84. The molecule has 0 unspecified atom stereocenters. The Morgan fingerprint density at radius 2 is 1.56 bits per heavy atom.